The molecular formula is C23H24N4S. The Hall–Kier alpha value is -2.66. The number of benzene rings is 1. The van der Waals surface area contributed by atoms with Crippen LogP contribution in [-0.2, 0) is 0 Å². The minimum atomic E-state index is 0.0176. The second kappa shape index (κ2) is 7.40. The number of nitrogens with one attached hydrogen (secondary N) is 1. The molecule has 0 unspecified atom stereocenters. The van der Waals surface area contributed by atoms with Crippen molar-refractivity contribution in [2.75, 3.05) is 4.90 Å². The molecule has 0 amide bonds. The summed E-state index contributed by atoms with van der Waals surface area (Å²) in [5.74, 6) is 0. The molecular weight excluding hydrogens is 364 g/mol. The second-order valence-electron chi connectivity index (χ2n) is 7.61. The molecule has 1 aliphatic heterocycles. The Balaban J connectivity index is 1.62. The highest BCUT2D eigenvalue weighted by atomic mass is 32.1. The summed E-state index contributed by atoms with van der Waals surface area (Å²) in [6, 6.07) is 21.6. The van der Waals surface area contributed by atoms with Gasteiger partial charge in [0.05, 0.1) is 11.7 Å². The van der Waals surface area contributed by atoms with Gasteiger partial charge in [-0.05, 0) is 61.5 Å². The van der Waals surface area contributed by atoms with Gasteiger partial charge in [0.15, 0.2) is 5.11 Å². The number of rotatable bonds is 4. The van der Waals surface area contributed by atoms with Gasteiger partial charge in [-0.1, -0.05) is 37.1 Å². The fourth-order valence-electron chi connectivity index (χ4n) is 4.69. The molecule has 2 fully saturated rings. The summed E-state index contributed by atoms with van der Waals surface area (Å²) in [5, 5.41) is 4.31. The van der Waals surface area contributed by atoms with Crippen LogP contribution >= 0.6 is 12.2 Å². The number of hydrogen-bond acceptors (Lipinski definition) is 2. The molecule has 3 aromatic rings. The standard InChI is InChI=1S/C23H24N4S/c28-23-25-21(19-13-6-7-15-24-19)22(27(23)18-11-2-1-3-12-18)20-14-8-16-26(20)17-9-4-5-10-17/h1-3,6-8,11-17,21-22H,4-5,9-10H2,(H,25,28)/t21-,22-/m1/s1. The van der Waals surface area contributed by atoms with Crippen LogP contribution in [0.1, 0.15) is 55.2 Å². The third-order valence-corrected chi connectivity index (χ3v) is 6.28. The summed E-state index contributed by atoms with van der Waals surface area (Å²) in [6.45, 7) is 0. The van der Waals surface area contributed by atoms with Crippen LogP contribution in [0.3, 0.4) is 0 Å². The van der Waals surface area contributed by atoms with Crippen molar-refractivity contribution in [3.63, 3.8) is 0 Å². The third kappa shape index (κ3) is 3.00. The van der Waals surface area contributed by atoms with Crippen molar-refractivity contribution >= 4 is 23.0 Å². The van der Waals surface area contributed by atoms with Gasteiger partial charge in [-0.2, -0.15) is 0 Å². The Morgan fingerprint density at radius 3 is 2.46 bits per heavy atom. The third-order valence-electron chi connectivity index (χ3n) is 5.97. The van der Waals surface area contributed by atoms with E-state index in [1.807, 2.05) is 24.4 Å². The Morgan fingerprint density at radius 2 is 1.71 bits per heavy atom. The molecule has 0 spiro atoms. The summed E-state index contributed by atoms with van der Waals surface area (Å²) >= 11 is 5.81. The lowest BCUT2D eigenvalue weighted by Gasteiger charge is -2.30. The smallest absolute Gasteiger partial charge is 0.174 e. The molecule has 5 rings (SSSR count). The van der Waals surface area contributed by atoms with Crippen molar-refractivity contribution in [1.82, 2.24) is 14.9 Å². The van der Waals surface area contributed by atoms with Crippen LogP contribution in [-0.4, -0.2) is 14.7 Å². The van der Waals surface area contributed by atoms with E-state index >= 15 is 0 Å². The van der Waals surface area contributed by atoms with Crippen LogP contribution in [0.4, 0.5) is 5.69 Å². The lowest BCUT2D eigenvalue weighted by Crippen LogP contribution is -2.30. The number of anilines is 1. The predicted octanol–water partition coefficient (Wildman–Crippen LogP) is 5.18. The van der Waals surface area contributed by atoms with E-state index in [0.717, 1.165) is 16.5 Å². The summed E-state index contributed by atoms with van der Waals surface area (Å²) in [7, 11) is 0. The van der Waals surface area contributed by atoms with Gasteiger partial charge in [0.25, 0.3) is 0 Å². The monoisotopic (exact) mass is 388 g/mol. The highest BCUT2D eigenvalue weighted by molar-refractivity contribution is 7.80. The highest BCUT2D eigenvalue weighted by Crippen LogP contribution is 2.43. The predicted molar refractivity (Wildman–Crippen MR) is 116 cm³/mol. The van der Waals surface area contributed by atoms with E-state index in [0.29, 0.717) is 6.04 Å². The van der Waals surface area contributed by atoms with E-state index in [-0.39, 0.29) is 12.1 Å². The van der Waals surface area contributed by atoms with E-state index in [2.05, 4.69) is 68.4 Å². The van der Waals surface area contributed by atoms with Crippen LogP contribution in [0.15, 0.2) is 73.1 Å². The molecule has 4 nitrogen and oxygen atoms in total. The van der Waals surface area contributed by atoms with Crippen molar-refractivity contribution in [2.45, 2.75) is 43.8 Å². The van der Waals surface area contributed by atoms with E-state index in [9.17, 15) is 0 Å². The van der Waals surface area contributed by atoms with Gasteiger partial charge in [-0.25, -0.2) is 0 Å². The van der Waals surface area contributed by atoms with Crippen LogP contribution in [0, 0.1) is 0 Å². The fraction of sp³-hybridized carbons (Fsp3) is 0.304. The molecule has 1 aromatic carbocycles. The average Bonchev–Trinajstić information content (AvgIpc) is 3.48. The lowest BCUT2D eigenvalue weighted by atomic mass is 10.0. The molecule has 1 saturated carbocycles. The Kier molecular flexibility index (Phi) is 4.61. The SMILES string of the molecule is S=C1N[C@H](c2ccccn2)[C@@H](c2cccn2C2CCCC2)N1c1ccccc1. The molecule has 2 aromatic heterocycles. The summed E-state index contributed by atoms with van der Waals surface area (Å²) in [5.41, 5.74) is 3.44. The minimum Gasteiger partial charge on any atom is -0.351 e. The number of para-hydroxylation sites is 1. The first-order chi connectivity index (χ1) is 13.8. The number of nitrogens with zero attached hydrogens (tertiary/aromatic N) is 3. The van der Waals surface area contributed by atoms with Crippen LogP contribution < -0.4 is 10.2 Å². The second-order valence-corrected chi connectivity index (χ2v) is 8.00. The molecule has 0 bridgehead atoms. The Bertz CT molecular complexity index is 947. The molecule has 5 heteroatoms. The summed E-state index contributed by atoms with van der Waals surface area (Å²) in [6.07, 6.45) is 9.24. The first-order valence-electron chi connectivity index (χ1n) is 10.1. The minimum absolute atomic E-state index is 0.0176. The van der Waals surface area contributed by atoms with Gasteiger partial charge in [0.2, 0.25) is 0 Å². The van der Waals surface area contributed by atoms with Gasteiger partial charge in [-0.3, -0.25) is 4.98 Å². The first-order valence-corrected chi connectivity index (χ1v) is 10.5. The maximum Gasteiger partial charge on any atom is 0.174 e. The molecule has 142 valence electrons. The van der Waals surface area contributed by atoms with Gasteiger partial charge in [0.1, 0.15) is 6.04 Å². The molecule has 1 aliphatic carbocycles. The van der Waals surface area contributed by atoms with E-state index in [1.165, 1.54) is 31.4 Å². The van der Waals surface area contributed by atoms with E-state index in [4.69, 9.17) is 12.2 Å². The number of thiocarbonyl (C=S) groups is 1. The van der Waals surface area contributed by atoms with Crippen molar-refractivity contribution in [3.8, 4) is 0 Å². The normalized spacial score (nSPS) is 22.6. The maximum atomic E-state index is 5.81. The van der Waals surface area contributed by atoms with Gasteiger partial charge in [0, 0.05) is 29.8 Å². The number of pyridine rings is 1. The highest BCUT2D eigenvalue weighted by Gasteiger charge is 2.42. The number of hydrogen-bond donors (Lipinski definition) is 1. The van der Waals surface area contributed by atoms with Crippen LogP contribution in [0.2, 0.25) is 0 Å². The van der Waals surface area contributed by atoms with Crippen molar-refractivity contribution in [1.29, 1.82) is 0 Å². The molecule has 1 N–H and O–H groups in total. The zero-order valence-corrected chi connectivity index (χ0v) is 16.6. The fourth-order valence-corrected chi connectivity index (χ4v) is 5.04. The summed E-state index contributed by atoms with van der Waals surface area (Å²) in [4.78, 5) is 6.91. The average molecular weight is 389 g/mol. The van der Waals surface area contributed by atoms with Crippen LogP contribution in [0.25, 0.3) is 0 Å². The molecule has 3 heterocycles. The van der Waals surface area contributed by atoms with E-state index < -0.39 is 0 Å². The zero-order chi connectivity index (χ0) is 18.9. The topological polar surface area (TPSA) is 33.1 Å². The molecule has 1 saturated heterocycles. The molecule has 2 atom stereocenters. The van der Waals surface area contributed by atoms with Crippen molar-refractivity contribution in [3.05, 3.63) is 84.4 Å². The van der Waals surface area contributed by atoms with E-state index in [1.54, 1.807) is 0 Å². The number of aromatic nitrogens is 2. The van der Waals surface area contributed by atoms with Gasteiger partial charge < -0.3 is 14.8 Å². The Morgan fingerprint density at radius 1 is 0.929 bits per heavy atom. The zero-order valence-electron chi connectivity index (χ0n) is 15.7. The van der Waals surface area contributed by atoms with Gasteiger partial charge in [-0.15, -0.1) is 0 Å². The lowest BCUT2D eigenvalue weighted by molar-refractivity contribution is 0.461. The molecule has 28 heavy (non-hydrogen) atoms. The van der Waals surface area contributed by atoms with Crippen molar-refractivity contribution in [2.24, 2.45) is 0 Å². The van der Waals surface area contributed by atoms with Crippen LogP contribution in [0.5, 0.6) is 0 Å². The molecule has 2 aliphatic rings. The largest absolute Gasteiger partial charge is 0.351 e. The van der Waals surface area contributed by atoms with Gasteiger partial charge >= 0.3 is 0 Å². The summed E-state index contributed by atoms with van der Waals surface area (Å²) < 4.78 is 2.49. The quantitative estimate of drug-likeness (QED) is 0.625. The molecule has 0 radical (unpaired) electrons. The first kappa shape index (κ1) is 17.4. The van der Waals surface area contributed by atoms with Crippen molar-refractivity contribution < 1.29 is 0 Å². The maximum absolute atomic E-state index is 5.81. The Labute approximate surface area is 171 Å².